The van der Waals surface area contributed by atoms with Gasteiger partial charge in [0.25, 0.3) is 0 Å². The fourth-order valence-electron chi connectivity index (χ4n) is 1.23. The molecule has 2 aromatic rings. The normalized spacial score (nSPS) is 10.1. The summed E-state index contributed by atoms with van der Waals surface area (Å²) in [6, 6.07) is 7.65. The Hall–Kier alpha value is -1.26. The van der Waals surface area contributed by atoms with Gasteiger partial charge in [-0.1, -0.05) is 11.6 Å². The number of thiophene rings is 1. The van der Waals surface area contributed by atoms with E-state index in [-0.39, 0.29) is 0 Å². The minimum Gasteiger partial charge on any atom is -0.495 e. The van der Waals surface area contributed by atoms with Crippen molar-refractivity contribution in [1.82, 2.24) is 4.98 Å². The van der Waals surface area contributed by atoms with E-state index < -0.39 is 0 Å². The molecule has 0 saturated carbocycles. The lowest BCUT2D eigenvalue weighted by Gasteiger charge is -2.04. The quantitative estimate of drug-likeness (QED) is 0.908. The lowest BCUT2D eigenvalue weighted by molar-refractivity contribution is 0.413. The van der Waals surface area contributed by atoms with Crippen molar-refractivity contribution in [3.8, 4) is 5.75 Å². The number of nitrogens with zero attached hydrogens (tertiary/aromatic N) is 1. The van der Waals surface area contributed by atoms with Gasteiger partial charge in [-0.25, -0.2) is 4.98 Å². The smallest absolute Gasteiger partial charge is 0.137 e. The van der Waals surface area contributed by atoms with E-state index in [1.54, 1.807) is 24.6 Å². The minimum absolute atomic E-state index is 0.733. The maximum absolute atomic E-state index is 5.84. The first-order valence-corrected chi connectivity index (χ1v) is 5.95. The minimum atomic E-state index is 0.733. The Labute approximate surface area is 103 Å². The van der Waals surface area contributed by atoms with Gasteiger partial charge in [-0.15, -0.1) is 11.3 Å². The van der Waals surface area contributed by atoms with E-state index in [2.05, 4.69) is 10.3 Å². The van der Waals surface area contributed by atoms with Crippen molar-refractivity contribution in [3.63, 3.8) is 0 Å². The molecule has 0 amide bonds. The number of methoxy groups -OCH3 is 1. The molecule has 0 radical (unpaired) electrons. The summed E-state index contributed by atoms with van der Waals surface area (Å²) in [6.07, 6.45) is 1.68. The molecule has 3 nitrogen and oxygen atoms in total. The third kappa shape index (κ3) is 2.87. The van der Waals surface area contributed by atoms with Crippen LogP contribution < -0.4 is 10.1 Å². The Morgan fingerprint density at radius 2 is 2.25 bits per heavy atom. The van der Waals surface area contributed by atoms with E-state index in [4.69, 9.17) is 16.3 Å². The summed E-state index contributed by atoms with van der Waals surface area (Å²) in [5, 5.41) is 3.21. The molecule has 2 rings (SSSR count). The first-order valence-electron chi connectivity index (χ1n) is 4.76. The van der Waals surface area contributed by atoms with Crippen molar-refractivity contribution in [1.29, 1.82) is 0 Å². The highest BCUT2D eigenvalue weighted by molar-refractivity contribution is 7.16. The zero-order chi connectivity index (χ0) is 11.4. The molecular formula is C11H11ClN2OS. The van der Waals surface area contributed by atoms with Crippen LogP contribution in [0.5, 0.6) is 5.75 Å². The first kappa shape index (κ1) is 11.2. The summed E-state index contributed by atoms with van der Waals surface area (Å²) in [7, 11) is 1.62. The summed E-state index contributed by atoms with van der Waals surface area (Å²) < 4.78 is 5.83. The summed E-state index contributed by atoms with van der Waals surface area (Å²) in [5.41, 5.74) is 0. The van der Waals surface area contributed by atoms with Crippen LogP contribution in [-0.2, 0) is 6.54 Å². The summed E-state index contributed by atoms with van der Waals surface area (Å²) in [5.74, 6) is 1.58. The molecule has 0 bridgehead atoms. The SMILES string of the molecule is COc1ccc(NCc2ccc(Cl)s2)nc1. The van der Waals surface area contributed by atoms with Crippen LogP contribution in [0.1, 0.15) is 4.88 Å². The van der Waals surface area contributed by atoms with Gasteiger partial charge in [0.1, 0.15) is 11.6 Å². The molecule has 0 saturated heterocycles. The van der Waals surface area contributed by atoms with E-state index >= 15 is 0 Å². The van der Waals surface area contributed by atoms with Gasteiger partial charge < -0.3 is 10.1 Å². The fourth-order valence-corrected chi connectivity index (χ4v) is 2.26. The van der Waals surface area contributed by atoms with E-state index in [1.165, 1.54) is 4.88 Å². The lowest BCUT2D eigenvalue weighted by Crippen LogP contribution is -1.99. The Morgan fingerprint density at radius 3 is 2.81 bits per heavy atom. The fraction of sp³-hybridized carbons (Fsp3) is 0.182. The molecule has 0 fully saturated rings. The Kier molecular flexibility index (Phi) is 3.64. The Bertz CT molecular complexity index is 455. The number of anilines is 1. The van der Waals surface area contributed by atoms with Gasteiger partial charge in [-0.3, -0.25) is 0 Å². The van der Waals surface area contributed by atoms with Crippen LogP contribution in [0.15, 0.2) is 30.5 Å². The second-order valence-corrected chi connectivity index (χ2v) is 4.94. The molecule has 2 aromatic heterocycles. The van der Waals surface area contributed by atoms with Gasteiger partial charge in [-0.05, 0) is 24.3 Å². The monoisotopic (exact) mass is 254 g/mol. The zero-order valence-corrected chi connectivity index (χ0v) is 10.3. The van der Waals surface area contributed by atoms with Gasteiger partial charge in [0, 0.05) is 4.88 Å². The number of halogens is 1. The summed E-state index contributed by atoms with van der Waals surface area (Å²) in [4.78, 5) is 5.39. The van der Waals surface area contributed by atoms with Crippen LogP contribution >= 0.6 is 22.9 Å². The molecule has 2 heterocycles. The largest absolute Gasteiger partial charge is 0.495 e. The molecular weight excluding hydrogens is 244 g/mol. The highest BCUT2D eigenvalue weighted by Gasteiger charge is 1.99. The molecule has 0 aliphatic carbocycles. The maximum Gasteiger partial charge on any atom is 0.137 e. The van der Waals surface area contributed by atoms with E-state index in [0.717, 1.165) is 22.4 Å². The standard InChI is InChI=1S/C11H11ClN2OS/c1-15-8-2-5-11(13-6-8)14-7-9-3-4-10(12)16-9/h2-6H,7H2,1H3,(H,13,14). The van der Waals surface area contributed by atoms with Crippen LogP contribution in [0, 0.1) is 0 Å². The summed E-state index contributed by atoms with van der Waals surface area (Å²) in [6.45, 7) is 0.733. The van der Waals surface area contributed by atoms with E-state index in [0.29, 0.717) is 0 Å². The Balaban J connectivity index is 1.94. The van der Waals surface area contributed by atoms with Gasteiger partial charge in [-0.2, -0.15) is 0 Å². The number of ether oxygens (including phenoxy) is 1. The average Bonchev–Trinajstić information content (AvgIpc) is 2.73. The van der Waals surface area contributed by atoms with Crippen molar-refractivity contribution in [2.45, 2.75) is 6.54 Å². The van der Waals surface area contributed by atoms with E-state index in [1.807, 2.05) is 24.3 Å². The highest BCUT2D eigenvalue weighted by atomic mass is 35.5. The number of nitrogens with one attached hydrogen (secondary N) is 1. The molecule has 0 aliphatic rings. The number of pyridine rings is 1. The van der Waals surface area contributed by atoms with Crippen LogP contribution in [-0.4, -0.2) is 12.1 Å². The third-order valence-electron chi connectivity index (χ3n) is 2.04. The number of rotatable bonds is 4. The predicted octanol–water partition coefficient (Wildman–Crippen LogP) is 3.42. The van der Waals surface area contributed by atoms with Crippen molar-refractivity contribution < 1.29 is 4.74 Å². The molecule has 0 aliphatic heterocycles. The molecule has 0 spiro atoms. The van der Waals surface area contributed by atoms with Gasteiger partial charge in [0.15, 0.2) is 0 Å². The third-order valence-corrected chi connectivity index (χ3v) is 3.28. The van der Waals surface area contributed by atoms with Crippen molar-refractivity contribution in [3.05, 3.63) is 39.7 Å². The van der Waals surface area contributed by atoms with Crippen LogP contribution in [0.2, 0.25) is 4.34 Å². The van der Waals surface area contributed by atoms with Crippen molar-refractivity contribution in [2.24, 2.45) is 0 Å². The molecule has 5 heteroatoms. The van der Waals surface area contributed by atoms with E-state index in [9.17, 15) is 0 Å². The van der Waals surface area contributed by atoms with Crippen molar-refractivity contribution >= 4 is 28.8 Å². The van der Waals surface area contributed by atoms with Gasteiger partial charge in [0.2, 0.25) is 0 Å². The van der Waals surface area contributed by atoms with Crippen molar-refractivity contribution in [2.75, 3.05) is 12.4 Å². The zero-order valence-electron chi connectivity index (χ0n) is 8.74. The Morgan fingerprint density at radius 1 is 1.38 bits per heavy atom. The van der Waals surface area contributed by atoms with Crippen LogP contribution in [0.3, 0.4) is 0 Å². The van der Waals surface area contributed by atoms with Gasteiger partial charge >= 0.3 is 0 Å². The second kappa shape index (κ2) is 5.18. The lowest BCUT2D eigenvalue weighted by atomic mass is 10.4. The molecule has 0 aromatic carbocycles. The number of hydrogen-bond acceptors (Lipinski definition) is 4. The van der Waals surface area contributed by atoms with Crippen LogP contribution in [0.4, 0.5) is 5.82 Å². The highest BCUT2D eigenvalue weighted by Crippen LogP contribution is 2.22. The molecule has 0 unspecified atom stereocenters. The molecule has 0 atom stereocenters. The first-order chi connectivity index (χ1) is 7.78. The topological polar surface area (TPSA) is 34.1 Å². The molecule has 1 N–H and O–H groups in total. The summed E-state index contributed by atoms with van der Waals surface area (Å²) >= 11 is 7.41. The maximum atomic E-state index is 5.84. The molecule has 16 heavy (non-hydrogen) atoms. The van der Waals surface area contributed by atoms with Gasteiger partial charge in [0.05, 0.1) is 24.2 Å². The van der Waals surface area contributed by atoms with Crippen LogP contribution in [0.25, 0.3) is 0 Å². The second-order valence-electron chi connectivity index (χ2n) is 3.14. The predicted molar refractivity (Wildman–Crippen MR) is 67.4 cm³/mol. The molecule has 84 valence electrons. The average molecular weight is 255 g/mol. The number of aromatic nitrogens is 1. The number of hydrogen-bond donors (Lipinski definition) is 1.